The Morgan fingerprint density at radius 2 is 1.47 bits per heavy atom. The minimum absolute atomic E-state index is 0.984. The molecule has 4 rings (SSSR count). The molecule has 2 heteroatoms. The largest absolute Gasteiger partial charge is 0.249 e. The van der Waals surface area contributed by atoms with Crippen molar-refractivity contribution in [1.29, 1.82) is 0 Å². The lowest BCUT2D eigenvalue weighted by molar-refractivity contribution is 0.816. The van der Waals surface area contributed by atoms with Crippen LogP contribution in [0.2, 0.25) is 0 Å². The quantitative estimate of drug-likeness (QED) is 0.603. The smallest absolute Gasteiger partial charge is 0.0927 e. The number of nitrogens with zero attached hydrogens (tertiary/aromatic N) is 2. The molecule has 0 spiro atoms. The number of aryl methyl sites for hydroxylation is 2. The number of benzene rings is 2. The molecule has 0 saturated carbocycles. The van der Waals surface area contributed by atoms with E-state index < -0.39 is 0 Å². The van der Waals surface area contributed by atoms with E-state index in [2.05, 4.69) is 24.3 Å². The fourth-order valence-electron chi connectivity index (χ4n) is 2.84. The maximum atomic E-state index is 4.85. The van der Waals surface area contributed by atoms with Gasteiger partial charge in [-0.25, -0.2) is 9.97 Å². The molecule has 3 aromatic rings. The molecule has 0 saturated heterocycles. The van der Waals surface area contributed by atoms with E-state index in [1.807, 2.05) is 24.3 Å². The fourth-order valence-corrected chi connectivity index (χ4v) is 2.84. The summed E-state index contributed by atoms with van der Waals surface area (Å²) in [6.45, 7) is 0. The van der Waals surface area contributed by atoms with Crippen LogP contribution >= 0.6 is 0 Å². The van der Waals surface area contributed by atoms with Gasteiger partial charge in [0.1, 0.15) is 0 Å². The van der Waals surface area contributed by atoms with Gasteiger partial charge < -0.3 is 0 Å². The van der Waals surface area contributed by atoms with Crippen molar-refractivity contribution in [2.45, 2.75) is 19.3 Å². The third kappa shape index (κ3) is 1.72. The zero-order valence-corrected chi connectivity index (χ0v) is 10.6. The summed E-state index contributed by atoms with van der Waals surface area (Å²) < 4.78 is 0. The standard InChI is InChI=1S/C17H14N2/c1-2-8-13-12(6-1)7-5-11-16-17(13)19-15-10-4-3-9-14(15)18-16/h1-4,6,8-10H,5,7,11H2. The normalized spacial score (nSPS) is 13.7. The Hall–Kier alpha value is -2.22. The zero-order chi connectivity index (χ0) is 12.7. The van der Waals surface area contributed by atoms with Gasteiger partial charge in [0.05, 0.1) is 22.4 Å². The lowest BCUT2D eigenvalue weighted by atomic mass is 10.0. The van der Waals surface area contributed by atoms with Crippen LogP contribution in [-0.4, -0.2) is 9.97 Å². The monoisotopic (exact) mass is 246 g/mol. The molecule has 0 N–H and O–H groups in total. The van der Waals surface area contributed by atoms with Gasteiger partial charge in [0.25, 0.3) is 0 Å². The summed E-state index contributed by atoms with van der Waals surface area (Å²) >= 11 is 0. The van der Waals surface area contributed by atoms with E-state index in [-0.39, 0.29) is 0 Å². The highest BCUT2D eigenvalue weighted by Gasteiger charge is 2.17. The zero-order valence-electron chi connectivity index (χ0n) is 10.6. The average Bonchev–Trinajstić information content (AvgIpc) is 2.64. The van der Waals surface area contributed by atoms with E-state index in [4.69, 9.17) is 9.97 Å². The highest BCUT2D eigenvalue weighted by atomic mass is 14.8. The van der Waals surface area contributed by atoms with Crippen molar-refractivity contribution in [1.82, 2.24) is 9.97 Å². The number of hydrogen-bond donors (Lipinski definition) is 0. The molecule has 0 radical (unpaired) electrons. The molecule has 1 aliphatic carbocycles. The molecule has 2 nitrogen and oxygen atoms in total. The number of fused-ring (bicyclic) bond motifs is 4. The molecule has 1 heterocycles. The van der Waals surface area contributed by atoms with Crippen LogP contribution in [0.25, 0.3) is 22.3 Å². The van der Waals surface area contributed by atoms with E-state index in [1.54, 1.807) is 0 Å². The number of aromatic nitrogens is 2. The fraction of sp³-hybridized carbons (Fsp3) is 0.176. The van der Waals surface area contributed by atoms with Gasteiger partial charge in [0, 0.05) is 5.56 Å². The molecule has 0 fully saturated rings. The summed E-state index contributed by atoms with van der Waals surface area (Å²) in [7, 11) is 0. The topological polar surface area (TPSA) is 25.8 Å². The Kier molecular flexibility index (Phi) is 2.34. The van der Waals surface area contributed by atoms with Crippen LogP contribution in [0.1, 0.15) is 17.7 Å². The van der Waals surface area contributed by atoms with Gasteiger partial charge in [-0.1, -0.05) is 36.4 Å². The molecule has 1 aliphatic rings. The lowest BCUT2D eigenvalue weighted by Crippen LogP contribution is -1.97. The molecule has 0 bridgehead atoms. The van der Waals surface area contributed by atoms with Crippen molar-refractivity contribution in [3.8, 4) is 11.3 Å². The van der Waals surface area contributed by atoms with Gasteiger partial charge in [-0.05, 0) is 37.0 Å². The van der Waals surface area contributed by atoms with Gasteiger partial charge >= 0.3 is 0 Å². The van der Waals surface area contributed by atoms with E-state index >= 15 is 0 Å². The summed E-state index contributed by atoms with van der Waals surface area (Å²) in [5, 5.41) is 0. The maximum Gasteiger partial charge on any atom is 0.0927 e. The minimum atomic E-state index is 0.984. The average molecular weight is 246 g/mol. The summed E-state index contributed by atoms with van der Waals surface area (Å²) in [4.78, 5) is 9.67. The second-order valence-corrected chi connectivity index (χ2v) is 5.02. The molecule has 0 aliphatic heterocycles. The van der Waals surface area contributed by atoms with Gasteiger partial charge in [0.15, 0.2) is 0 Å². The summed E-state index contributed by atoms with van der Waals surface area (Å²) in [5.41, 5.74) is 6.85. The molecule has 0 atom stereocenters. The Morgan fingerprint density at radius 3 is 2.37 bits per heavy atom. The number of rotatable bonds is 0. The van der Waals surface area contributed by atoms with Crippen LogP contribution in [0.4, 0.5) is 0 Å². The Balaban J connectivity index is 2.06. The van der Waals surface area contributed by atoms with Crippen LogP contribution in [-0.2, 0) is 12.8 Å². The van der Waals surface area contributed by atoms with Crippen LogP contribution in [0.5, 0.6) is 0 Å². The molecular weight excluding hydrogens is 232 g/mol. The van der Waals surface area contributed by atoms with Crippen molar-refractivity contribution in [2.24, 2.45) is 0 Å². The van der Waals surface area contributed by atoms with Crippen LogP contribution in [0.15, 0.2) is 48.5 Å². The summed E-state index contributed by atoms with van der Waals surface area (Å²) in [6, 6.07) is 16.7. The Labute approximate surface area is 112 Å². The summed E-state index contributed by atoms with van der Waals surface area (Å²) in [5.74, 6) is 0. The molecular formula is C17H14N2. The van der Waals surface area contributed by atoms with Crippen molar-refractivity contribution >= 4 is 11.0 Å². The highest BCUT2D eigenvalue weighted by molar-refractivity contribution is 5.79. The third-order valence-corrected chi connectivity index (χ3v) is 3.77. The highest BCUT2D eigenvalue weighted by Crippen LogP contribution is 2.31. The predicted molar refractivity (Wildman–Crippen MR) is 77.0 cm³/mol. The van der Waals surface area contributed by atoms with E-state index in [9.17, 15) is 0 Å². The first-order valence-corrected chi connectivity index (χ1v) is 6.76. The van der Waals surface area contributed by atoms with Crippen LogP contribution in [0, 0.1) is 0 Å². The second kappa shape index (κ2) is 4.16. The van der Waals surface area contributed by atoms with Gasteiger partial charge in [-0.2, -0.15) is 0 Å². The molecule has 0 unspecified atom stereocenters. The first-order valence-electron chi connectivity index (χ1n) is 6.76. The first kappa shape index (κ1) is 10.7. The Bertz CT molecular complexity index is 762. The molecule has 0 amide bonds. The minimum Gasteiger partial charge on any atom is -0.249 e. The van der Waals surface area contributed by atoms with Crippen LogP contribution < -0.4 is 0 Å². The predicted octanol–water partition coefficient (Wildman–Crippen LogP) is 3.79. The molecule has 19 heavy (non-hydrogen) atoms. The van der Waals surface area contributed by atoms with Gasteiger partial charge in [-0.3, -0.25) is 0 Å². The van der Waals surface area contributed by atoms with Crippen molar-refractivity contribution in [3.05, 3.63) is 59.8 Å². The SMILES string of the molecule is c1ccc2c(c1)CCCc1nc3ccccc3nc1-2. The van der Waals surface area contributed by atoms with Crippen molar-refractivity contribution < 1.29 is 0 Å². The van der Waals surface area contributed by atoms with Gasteiger partial charge in [-0.15, -0.1) is 0 Å². The molecule has 1 aromatic heterocycles. The van der Waals surface area contributed by atoms with E-state index in [1.165, 1.54) is 11.1 Å². The van der Waals surface area contributed by atoms with Crippen molar-refractivity contribution in [3.63, 3.8) is 0 Å². The second-order valence-electron chi connectivity index (χ2n) is 5.02. The number of hydrogen-bond acceptors (Lipinski definition) is 2. The summed E-state index contributed by atoms with van der Waals surface area (Å²) in [6.07, 6.45) is 3.28. The van der Waals surface area contributed by atoms with Crippen molar-refractivity contribution in [2.75, 3.05) is 0 Å². The van der Waals surface area contributed by atoms with E-state index in [0.29, 0.717) is 0 Å². The lowest BCUT2D eigenvalue weighted by Gasteiger charge is -2.08. The first-order chi connectivity index (χ1) is 9.42. The van der Waals surface area contributed by atoms with Gasteiger partial charge in [0.2, 0.25) is 0 Å². The molecule has 92 valence electrons. The maximum absolute atomic E-state index is 4.85. The number of para-hydroxylation sites is 2. The Morgan fingerprint density at radius 1 is 0.737 bits per heavy atom. The molecule has 2 aromatic carbocycles. The third-order valence-electron chi connectivity index (χ3n) is 3.77. The van der Waals surface area contributed by atoms with E-state index in [0.717, 1.165) is 41.7 Å². The van der Waals surface area contributed by atoms with Crippen LogP contribution in [0.3, 0.4) is 0 Å².